The lowest BCUT2D eigenvalue weighted by molar-refractivity contribution is -0.365. The zero-order chi connectivity index (χ0) is 14.4. The molecule has 0 bridgehead atoms. The minimum Gasteiger partial charge on any atom is -0.478 e. The Morgan fingerprint density at radius 3 is 1.61 bits per heavy atom. The number of hydrogen-bond donors (Lipinski definition) is 1. The van der Waals surface area contributed by atoms with Crippen molar-refractivity contribution in [1.29, 1.82) is 0 Å². The van der Waals surface area contributed by atoms with E-state index in [1.54, 1.807) is 0 Å². The molecule has 1 heterocycles. The molecule has 1 N–H and O–H groups in total. The van der Waals surface area contributed by atoms with E-state index in [4.69, 9.17) is 5.11 Å². The van der Waals surface area contributed by atoms with Crippen LogP contribution in [0.15, 0.2) is 20.7 Å². The van der Waals surface area contributed by atoms with Gasteiger partial charge in [-0.3, -0.25) is 0 Å². The molecule has 0 aromatic heterocycles. The van der Waals surface area contributed by atoms with Crippen molar-refractivity contribution in [3.8, 4) is 0 Å². The Bertz CT molecular complexity index is 416. The highest BCUT2D eigenvalue weighted by Gasteiger charge is 2.84. The summed E-state index contributed by atoms with van der Waals surface area (Å²) < 4.78 is 87.1. The maximum Gasteiger partial charge on any atom is 0.460 e. The first-order valence-electron chi connectivity index (χ1n) is 3.80. The summed E-state index contributed by atoms with van der Waals surface area (Å²) in [6.07, 6.45) is -6.70. The predicted octanol–water partition coefficient (Wildman–Crippen LogP) is 2.43. The normalized spacial score (nSPS) is 19.3. The van der Waals surface area contributed by atoms with Gasteiger partial charge in [-0.25, -0.2) is 4.79 Å². The lowest BCUT2D eigenvalue weighted by atomic mass is 9.97. The molecule has 0 atom stereocenters. The number of carboxylic acids is 1. The zero-order valence-corrected chi connectivity index (χ0v) is 7.79. The second-order valence-electron chi connectivity index (χ2n) is 3.00. The van der Waals surface area contributed by atoms with Crippen molar-refractivity contribution >= 4 is 5.97 Å². The third kappa shape index (κ3) is 1.53. The molecule has 102 valence electrons. The van der Waals surface area contributed by atoms with Gasteiger partial charge in [-0.1, -0.05) is 0 Å². The standard InChI is InChI=1S/C5HF7N4O2/c6-3(7,4(8,9)5(10,11)12)2(1(17)18)13-15-16-14-2/h(H,17,18). The van der Waals surface area contributed by atoms with Gasteiger partial charge in [-0.2, -0.15) is 30.7 Å². The Morgan fingerprint density at radius 2 is 1.33 bits per heavy atom. The number of rotatable bonds is 3. The van der Waals surface area contributed by atoms with Gasteiger partial charge in [0.05, 0.1) is 0 Å². The molecule has 18 heavy (non-hydrogen) atoms. The number of carboxylic acid groups (broad SMARTS) is 1. The molecule has 0 fully saturated rings. The van der Waals surface area contributed by atoms with Gasteiger partial charge in [-0.05, 0) is 10.4 Å². The van der Waals surface area contributed by atoms with Gasteiger partial charge in [0.1, 0.15) is 0 Å². The van der Waals surface area contributed by atoms with Crippen LogP contribution < -0.4 is 0 Å². The van der Waals surface area contributed by atoms with Crippen molar-refractivity contribution in [2.24, 2.45) is 20.7 Å². The monoisotopic (exact) mass is 282 g/mol. The van der Waals surface area contributed by atoms with E-state index in [9.17, 15) is 35.5 Å². The van der Waals surface area contributed by atoms with E-state index >= 15 is 0 Å². The fraction of sp³-hybridized carbons (Fsp3) is 0.800. The van der Waals surface area contributed by atoms with Crippen LogP contribution >= 0.6 is 0 Å². The van der Waals surface area contributed by atoms with Gasteiger partial charge in [-0.15, -0.1) is 10.2 Å². The Kier molecular flexibility index (Phi) is 2.84. The highest BCUT2D eigenvalue weighted by Crippen LogP contribution is 2.53. The molecule has 1 aliphatic rings. The average Bonchev–Trinajstić information content (AvgIpc) is 2.65. The smallest absolute Gasteiger partial charge is 0.460 e. The predicted molar refractivity (Wildman–Crippen MR) is 36.0 cm³/mol. The first-order chi connectivity index (χ1) is 7.90. The summed E-state index contributed by atoms with van der Waals surface area (Å²) in [6.45, 7) is 0. The van der Waals surface area contributed by atoms with Crippen LogP contribution in [0, 0.1) is 0 Å². The van der Waals surface area contributed by atoms with E-state index in [-0.39, 0.29) is 0 Å². The average molecular weight is 282 g/mol. The van der Waals surface area contributed by atoms with Crippen molar-refractivity contribution < 1.29 is 40.6 Å². The third-order valence-corrected chi connectivity index (χ3v) is 1.91. The van der Waals surface area contributed by atoms with Gasteiger partial charge < -0.3 is 5.11 Å². The Labute approximate surface area is 92.2 Å². The molecule has 0 saturated heterocycles. The maximum absolute atomic E-state index is 13.2. The first kappa shape index (κ1) is 14.2. The molecule has 6 nitrogen and oxygen atoms in total. The van der Waals surface area contributed by atoms with Gasteiger partial charge in [0.2, 0.25) is 0 Å². The van der Waals surface area contributed by atoms with E-state index < -0.39 is 29.7 Å². The van der Waals surface area contributed by atoms with Gasteiger partial charge in [0.15, 0.2) is 0 Å². The van der Waals surface area contributed by atoms with E-state index in [2.05, 4.69) is 20.7 Å². The van der Waals surface area contributed by atoms with Crippen molar-refractivity contribution in [3.05, 3.63) is 0 Å². The summed E-state index contributed by atoms with van der Waals surface area (Å²) in [6, 6.07) is 0. The number of halogens is 7. The van der Waals surface area contributed by atoms with Crippen molar-refractivity contribution in [1.82, 2.24) is 0 Å². The van der Waals surface area contributed by atoms with E-state index in [0.29, 0.717) is 0 Å². The number of nitrogens with zero attached hydrogens (tertiary/aromatic N) is 4. The number of carbonyl (C=O) groups is 1. The Hall–Kier alpha value is -1.82. The topological polar surface area (TPSA) is 86.7 Å². The van der Waals surface area contributed by atoms with Crippen molar-refractivity contribution in [2.45, 2.75) is 23.7 Å². The first-order valence-corrected chi connectivity index (χ1v) is 3.80. The summed E-state index contributed by atoms with van der Waals surface area (Å²) in [5, 5.41) is 17.0. The molecular weight excluding hydrogens is 281 g/mol. The zero-order valence-electron chi connectivity index (χ0n) is 7.79. The third-order valence-electron chi connectivity index (χ3n) is 1.91. The van der Waals surface area contributed by atoms with Crippen LogP contribution in [-0.2, 0) is 4.79 Å². The minimum atomic E-state index is -6.70. The number of hydrogen-bond acceptors (Lipinski definition) is 5. The Balaban J connectivity index is 3.42. The molecule has 1 rings (SSSR count). The highest BCUT2D eigenvalue weighted by molar-refractivity contribution is 5.80. The summed E-state index contributed by atoms with van der Waals surface area (Å²) >= 11 is 0. The molecule has 0 saturated carbocycles. The largest absolute Gasteiger partial charge is 0.478 e. The summed E-state index contributed by atoms with van der Waals surface area (Å²) in [7, 11) is 0. The molecule has 0 aliphatic carbocycles. The minimum absolute atomic E-state index is 2.08. The fourth-order valence-corrected chi connectivity index (χ4v) is 0.932. The van der Waals surface area contributed by atoms with Crippen molar-refractivity contribution in [2.75, 3.05) is 0 Å². The molecule has 0 aromatic carbocycles. The molecule has 13 heteroatoms. The summed E-state index contributed by atoms with van der Waals surface area (Å²) in [4.78, 5) is 10.5. The Morgan fingerprint density at radius 1 is 0.944 bits per heavy atom. The summed E-state index contributed by atoms with van der Waals surface area (Å²) in [5.74, 6) is -15.7. The van der Waals surface area contributed by atoms with E-state index in [1.807, 2.05) is 0 Å². The van der Waals surface area contributed by atoms with Crippen LogP contribution in [0.3, 0.4) is 0 Å². The van der Waals surface area contributed by atoms with E-state index in [1.165, 1.54) is 0 Å². The van der Waals surface area contributed by atoms with Crippen molar-refractivity contribution in [3.63, 3.8) is 0 Å². The molecule has 0 radical (unpaired) electrons. The molecule has 1 aliphatic heterocycles. The maximum atomic E-state index is 13.2. The number of alkyl halides is 7. The second kappa shape index (κ2) is 3.58. The van der Waals surface area contributed by atoms with Crippen LogP contribution in [-0.4, -0.2) is 34.8 Å². The highest BCUT2D eigenvalue weighted by atomic mass is 19.4. The molecule has 0 amide bonds. The lowest BCUT2D eigenvalue weighted by Crippen LogP contribution is -2.65. The molecule has 0 unspecified atom stereocenters. The van der Waals surface area contributed by atoms with E-state index in [0.717, 1.165) is 0 Å². The SMILES string of the molecule is O=C(O)C1(C(F)(F)C(F)(F)C(F)(F)F)N=NN=N1. The fourth-order valence-electron chi connectivity index (χ4n) is 0.932. The molecule has 0 spiro atoms. The van der Waals surface area contributed by atoms with Crippen LogP contribution in [0.1, 0.15) is 0 Å². The van der Waals surface area contributed by atoms with Crippen LogP contribution in [0.4, 0.5) is 30.7 Å². The summed E-state index contributed by atoms with van der Waals surface area (Å²) in [5.41, 5.74) is -4.44. The molecule has 0 aromatic rings. The lowest BCUT2D eigenvalue weighted by Gasteiger charge is -2.32. The van der Waals surface area contributed by atoms with Gasteiger partial charge >= 0.3 is 29.7 Å². The number of aliphatic carboxylic acids is 1. The second-order valence-corrected chi connectivity index (χ2v) is 3.00. The molecular formula is C5HF7N4O2. The van der Waals surface area contributed by atoms with Gasteiger partial charge in [0, 0.05) is 0 Å². The quantitative estimate of drug-likeness (QED) is 0.806. The van der Waals surface area contributed by atoms with Crippen LogP contribution in [0.5, 0.6) is 0 Å². The van der Waals surface area contributed by atoms with Gasteiger partial charge in [0.25, 0.3) is 0 Å². The van der Waals surface area contributed by atoms with Crippen LogP contribution in [0.2, 0.25) is 0 Å². The van der Waals surface area contributed by atoms with Crippen LogP contribution in [0.25, 0.3) is 0 Å².